The van der Waals surface area contributed by atoms with Crippen LogP contribution in [0.5, 0.6) is 0 Å². The first-order valence-electron chi connectivity index (χ1n) is 9.39. The zero-order chi connectivity index (χ0) is 22.6. The van der Waals surface area contributed by atoms with E-state index in [9.17, 15) is 13.2 Å². The molecule has 3 aromatic rings. The first-order valence-corrected chi connectivity index (χ1v) is 10.6. The third kappa shape index (κ3) is 6.05. The Kier molecular flexibility index (Phi) is 7.34. The van der Waals surface area contributed by atoms with Crippen molar-refractivity contribution in [1.82, 2.24) is 15.0 Å². The highest BCUT2D eigenvalue weighted by Crippen LogP contribution is 2.37. The van der Waals surface area contributed by atoms with Gasteiger partial charge in [-0.25, -0.2) is 15.0 Å². The van der Waals surface area contributed by atoms with E-state index in [1.807, 2.05) is 13.8 Å². The topological polar surface area (TPSA) is 72.0 Å². The molecule has 0 atom stereocenters. The number of anilines is 2. The van der Waals surface area contributed by atoms with E-state index >= 15 is 0 Å². The predicted molar refractivity (Wildman–Crippen MR) is 118 cm³/mol. The molecule has 0 fully saturated rings. The molecule has 0 unspecified atom stereocenters. The number of halogens is 4. The van der Waals surface area contributed by atoms with Gasteiger partial charge in [0.2, 0.25) is 5.95 Å². The number of nitrogens with zero attached hydrogens (tertiary/aromatic N) is 3. The molecule has 166 valence electrons. The molecule has 0 radical (unpaired) electrons. The van der Waals surface area contributed by atoms with E-state index in [1.165, 1.54) is 17.4 Å². The van der Waals surface area contributed by atoms with Crippen LogP contribution in [0.1, 0.15) is 19.4 Å². The molecule has 0 bridgehead atoms. The Balaban J connectivity index is 2.07. The van der Waals surface area contributed by atoms with Gasteiger partial charge in [-0.15, -0.1) is 0 Å². The number of methoxy groups -OCH3 is 1. The molecule has 0 amide bonds. The first kappa shape index (κ1) is 23.2. The molecule has 0 aliphatic carbocycles. The second-order valence-corrected chi connectivity index (χ2v) is 8.34. The molecule has 6 nitrogen and oxygen atoms in total. The minimum absolute atomic E-state index is 0.159. The summed E-state index contributed by atoms with van der Waals surface area (Å²) in [4.78, 5) is 13.9. The van der Waals surface area contributed by atoms with Gasteiger partial charge in [0.15, 0.2) is 5.13 Å². The van der Waals surface area contributed by atoms with E-state index in [2.05, 4.69) is 25.6 Å². The van der Waals surface area contributed by atoms with Crippen molar-refractivity contribution in [1.29, 1.82) is 0 Å². The summed E-state index contributed by atoms with van der Waals surface area (Å²) >= 11 is 7.62. The van der Waals surface area contributed by atoms with E-state index in [0.29, 0.717) is 18.8 Å². The fourth-order valence-corrected chi connectivity index (χ4v) is 3.80. The van der Waals surface area contributed by atoms with Gasteiger partial charge in [-0.1, -0.05) is 22.9 Å². The second kappa shape index (κ2) is 9.80. The Hall–Kier alpha value is -2.43. The third-order valence-electron chi connectivity index (χ3n) is 4.06. The summed E-state index contributed by atoms with van der Waals surface area (Å²) in [7, 11) is 1.56. The summed E-state index contributed by atoms with van der Waals surface area (Å²) in [5.41, 5.74) is 0.155. The number of ether oxygens (including phenoxy) is 1. The van der Waals surface area contributed by atoms with Crippen LogP contribution in [0.4, 0.5) is 24.3 Å². The second-order valence-electron chi connectivity index (χ2n) is 6.90. The quantitative estimate of drug-likeness (QED) is 0.403. The highest BCUT2D eigenvalue weighted by atomic mass is 35.5. The van der Waals surface area contributed by atoms with Gasteiger partial charge >= 0.3 is 6.18 Å². The lowest BCUT2D eigenvalue weighted by atomic mass is 10.1. The zero-order valence-corrected chi connectivity index (χ0v) is 18.6. The maximum absolute atomic E-state index is 13.2. The molecule has 0 aliphatic heterocycles. The minimum atomic E-state index is -4.50. The molecule has 1 aromatic carbocycles. The van der Waals surface area contributed by atoms with E-state index in [0.717, 1.165) is 22.1 Å². The lowest BCUT2D eigenvalue weighted by molar-refractivity contribution is -0.137. The molecule has 2 heterocycles. The number of aromatic nitrogens is 3. The van der Waals surface area contributed by atoms with Crippen LogP contribution in [0.2, 0.25) is 5.02 Å². The number of hydrogen-bond donors (Lipinski definition) is 2. The third-order valence-corrected chi connectivity index (χ3v) is 5.34. The molecule has 0 saturated carbocycles. The Bertz CT molecular complexity index is 1040. The zero-order valence-electron chi connectivity index (χ0n) is 17.0. The molecule has 0 aliphatic rings. The van der Waals surface area contributed by atoms with Gasteiger partial charge in [-0.05, 0) is 38.1 Å². The van der Waals surface area contributed by atoms with Crippen LogP contribution in [0, 0.1) is 0 Å². The van der Waals surface area contributed by atoms with Crippen molar-refractivity contribution in [2.45, 2.75) is 26.1 Å². The molecule has 0 saturated heterocycles. The van der Waals surface area contributed by atoms with Crippen molar-refractivity contribution in [2.75, 3.05) is 30.9 Å². The fourth-order valence-electron chi connectivity index (χ4n) is 2.66. The van der Waals surface area contributed by atoms with Gasteiger partial charge < -0.3 is 15.4 Å². The fraction of sp³-hybridized carbons (Fsp3) is 0.350. The highest BCUT2D eigenvalue weighted by Gasteiger charge is 2.31. The number of hydrogen-bond acceptors (Lipinski definition) is 7. The number of alkyl halides is 3. The van der Waals surface area contributed by atoms with Gasteiger partial charge in [0.05, 0.1) is 28.4 Å². The lowest BCUT2D eigenvalue weighted by Crippen LogP contribution is -2.11. The van der Waals surface area contributed by atoms with Crippen LogP contribution >= 0.6 is 22.9 Å². The largest absolute Gasteiger partial charge is 0.416 e. The van der Waals surface area contributed by atoms with Crippen LogP contribution in [0.25, 0.3) is 21.8 Å². The Labute approximate surface area is 186 Å². The Morgan fingerprint density at radius 3 is 2.58 bits per heavy atom. The maximum atomic E-state index is 13.2. The Morgan fingerprint density at radius 2 is 1.90 bits per heavy atom. The number of nitrogens with one attached hydrogen (secondary N) is 2. The van der Waals surface area contributed by atoms with Crippen molar-refractivity contribution in [3.05, 3.63) is 41.0 Å². The average Bonchev–Trinajstić information content (AvgIpc) is 3.15. The highest BCUT2D eigenvalue weighted by molar-refractivity contribution is 7.18. The number of thiazole rings is 1. The van der Waals surface area contributed by atoms with E-state index in [1.54, 1.807) is 19.4 Å². The van der Waals surface area contributed by atoms with Crippen molar-refractivity contribution < 1.29 is 17.9 Å². The average molecular weight is 472 g/mol. The van der Waals surface area contributed by atoms with Crippen LogP contribution < -0.4 is 10.6 Å². The summed E-state index contributed by atoms with van der Waals surface area (Å²) in [5.74, 6) is 0.254. The molecular formula is C20H21ClF3N5OS. The maximum Gasteiger partial charge on any atom is 0.416 e. The van der Waals surface area contributed by atoms with Gasteiger partial charge in [0, 0.05) is 36.5 Å². The standard InChI is InChI=1S/C20H21ClF3N5OS/c1-11(2)27-19-26-10-17(31-19)16-9-15(28-18(29-16)25-6-7-30-3)13-8-12(20(22,23)24)4-5-14(13)21/h4-5,8-11H,6-7H2,1-3H3,(H,26,27)(H,25,28,29). The van der Waals surface area contributed by atoms with Gasteiger partial charge in [0.1, 0.15) is 0 Å². The van der Waals surface area contributed by atoms with Crippen molar-refractivity contribution in [3.8, 4) is 21.8 Å². The molecule has 3 rings (SSSR count). The SMILES string of the molecule is COCCNc1nc(-c2cnc(NC(C)C)s2)cc(-c2cc(C(F)(F)F)ccc2Cl)n1. The van der Waals surface area contributed by atoms with Crippen LogP contribution in [0.15, 0.2) is 30.5 Å². The number of rotatable bonds is 8. The normalized spacial score (nSPS) is 11.7. The van der Waals surface area contributed by atoms with Crippen molar-refractivity contribution in [2.24, 2.45) is 0 Å². The summed E-state index contributed by atoms with van der Waals surface area (Å²) in [6.07, 6.45) is -2.84. The summed E-state index contributed by atoms with van der Waals surface area (Å²) in [6.45, 7) is 4.84. The summed E-state index contributed by atoms with van der Waals surface area (Å²) < 4.78 is 44.7. The molecular weight excluding hydrogens is 451 g/mol. The molecule has 31 heavy (non-hydrogen) atoms. The summed E-state index contributed by atoms with van der Waals surface area (Å²) in [6, 6.07) is 4.96. The Morgan fingerprint density at radius 1 is 1.16 bits per heavy atom. The van der Waals surface area contributed by atoms with Crippen LogP contribution in [0.3, 0.4) is 0 Å². The van der Waals surface area contributed by atoms with Crippen LogP contribution in [-0.2, 0) is 10.9 Å². The smallest absolute Gasteiger partial charge is 0.383 e. The van der Waals surface area contributed by atoms with Crippen molar-refractivity contribution in [3.63, 3.8) is 0 Å². The molecule has 2 N–H and O–H groups in total. The molecule has 11 heteroatoms. The monoisotopic (exact) mass is 471 g/mol. The van der Waals surface area contributed by atoms with E-state index < -0.39 is 11.7 Å². The first-order chi connectivity index (χ1) is 14.7. The lowest BCUT2D eigenvalue weighted by Gasteiger charge is -2.12. The van der Waals surface area contributed by atoms with Gasteiger partial charge in [-0.3, -0.25) is 0 Å². The number of benzene rings is 1. The minimum Gasteiger partial charge on any atom is -0.383 e. The van der Waals surface area contributed by atoms with E-state index in [4.69, 9.17) is 16.3 Å². The summed E-state index contributed by atoms with van der Waals surface area (Å²) in [5, 5.41) is 7.12. The van der Waals surface area contributed by atoms with Gasteiger partial charge in [0.25, 0.3) is 0 Å². The molecule has 2 aromatic heterocycles. The molecule has 0 spiro atoms. The van der Waals surface area contributed by atoms with Crippen LogP contribution in [-0.4, -0.2) is 41.3 Å². The van der Waals surface area contributed by atoms with E-state index in [-0.39, 0.29) is 28.3 Å². The predicted octanol–water partition coefficient (Wildman–Crippen LogP) is 5.82. The van der Waals surface area contributed by atoms with Crippen molar-refractivity contribution >= 4 is 34.0 Å². The van der Waals surface area contributed by atoms with Gasteiger partial charge in [-0.2, -0.15) is 13.2 Å².